The zero-order chi connectivity index (χ0) is 19.2. The molecule has 0 aliphatic rings. The molecule has 136 valence electrons. The van der Waals surface area contributed by atoms with E-state index in [0.29, 0.717) is 17.0 Å². The van der Waals surface area contributed by atoms with Gasteiger partial charge in [-0.1, -0.05) is 30.3 Å². The second-order valence-electron chi connectivity index (χ2n) is 5.49. The number of hydrogen-bond donors (Lipinski definition) is 3. The third-order valence-electron chi connectivity index (χ3n) is 3.71. The molecule has 0 saturated carbocycles. The van der Waals surface area contributed by atoms with Gasteiger partial charge in [0, 0.05) is 5.52 Å². The van der Waals surface area contributed by atoms with Gasteiger partial charge >= 0.3 is 11.8 Å². The molecule has 3 aromatic rings. The van der Waals surface area contributed by atoms with Crippen LogP contribution < -0.4 is 21.0 Å². The van der Waals surface area contributed by atoms with Gasteiger partial charge in [-0.25, -0.2) is 5.43 Å². The fraction of sp³-hybridized carbons (Fsp3) is 0.0526. The Balaban J connectivity index is 1.67. The first-order valence-corrected chi connectivity index (χ1v) is 7.98. The lowest BCUT2D eigenvalue weighted by Gasteiger charge is -2.08. The Kier molecular flexibility index (Phi) is 5.27. The van der Waals surface area contributed by atoms with Crippen molar-refractivity contribution in [2.75, 3.05) is 12.4 Å². The van der Waals surface area contributed by atoms with Gasteiger partial charge in [-0.2, -0.15) is 5.10 Å². The Morgan fingerprint density at radius 1 is 1.07 bits per heavy atom. The monoisotopic (exact) mass is 364 g/mol. The number of methoxy groups -OCH3 is 1. The number of hydrogen-bond acceptors (Lipinski definition) is 5. The summed E-state index contributed by atoms with van der Waals surface area (Å²) in [7, 11) is 1.45. The molecule has 0 aliphatic heterocycles. The first-order valence-electron chi connectivity index (χ1n) is 7.98. The molecule has 1 heterocycles. The van der Waals surface area contributed by atoms with E-state index in [2.05, 4.69) is 20.8 Å². The summed E-state index contributed by atoms with van der Waals surface area (Å²) < 4.78 is 5.10. The van der Waals surface area contributed by atoms with E-state index in [9.17, 15) is 14.4 Å². The largest absolute Gasteiger partial charge is 0.495 e. The maximum atomic E-state index is 12.0. The predicted molar refractivity (Wildman–Crippen MR) is 102 cm³/mol. The average Bonchev–Trinajstić information content (AvgIpc) is 2.68. The van der Waals surface area contributed by atoms with Crippen molar-refractivity contribution in [1.29, 1.82) is 0 Å². The van der Waals surface area contributed by atoms with Crippen LogP contribution in [0.3, 0.4) is 0 Å². The van der Waals surface area contributed by atoms with Crippen LogP contribution in [-0.4, -0.2) is 30.1 Å². The lowest BCUT2D eigenvalue weighted by molar-refractivity contribution is -0.136. The molecular weight excluding hydrogens is 348 g/mol. The molecule has 0 aliphatic carbocycles. The van der Waals surface area contributed by atoms with E-state index in [1.807, 2.05) is 18.2 Å². The number of amides is 2. The minimum Gasteiger partial charge on any atom is -0.495 e. The van der Waals surface area contributed by atoms with Gasteiger partial charge < -0.3 is 15.0 Å². The zero-order valence-corrected chi connectivity index (χ0v) is 14.4. The Hall–Kier alpha value is -3.94. The minimum absolute atomic E-state index is 0.249. The van der Waals surface area contributed by atoms with Crippen molar-refractivity contribution >= 4 is 34.6 Å². The number of ether oxygens (including phenoxy) is 1. The van der Waals surface area contributed by atoms with Crippen LogP contribution in [0.25, 0.3) is 10.9 Å². The van der Waals surface area contributed by atoms with Crippen molar-refractivity contribution in [3.05, 3.63) is 70.5 Å². The molecule has 27 heavy (non-hydrogen) atoms. The highest BCUT2D eigenvalue weighted by atomic mass is 16.5. The van der Waals surface area contributed by atoms with Gasteiger partial charge in [0.1, 0.15) is 5.75 Å². The van der Waals surface area contributed by atoms with Crippen molar-refractivity contribution in [3.63, 3.8) is 0 Å². The molecule has 8 heteroatoms. The van der Waals surface area contributed by atoms with Crippen LogP contribution in [0.5, 0.6) is 5.75 Å². The summed E-state index contributed by atoms with van der Waals surface area (Å²) in [5.41, 5.74) is 3.03. The van der Waals surface area contributed by atoms with E-state index in [0.717, 1.165) is 5.39 Å². The fourth-order valence-corrected chi connectivity index (χ4v) is 2.40. The third kappa shape index (κ3) is 4.18. The molecule has 3 N–H and O–H groups in total. The van der Waals surface area contributed by atoms with Crippen LogP contribution in [0.15, 0.2) is 64.5 Å². The number of pyridine rings is 1. The number of fused-ring (bicyclic) bond motifs is 1. The van der Waals surface area contributed by atoms with Crippen LogP contribution in [0, 0.1) is 0 Å². The molecule has 0 bridgehead atoms. The Bertz CT molecular complexity index is 1090. The Morgan fingerprint density at radius 3 is 2.63 bits per heavy atom. The van der Waals surface area contributed by atoms with Gasteiger partial charge in [0.15, 0.2) is 0 Å². The number of aromatic amines is 1. The molecule has 0 atom stereocenters. The summed E-state index contributed by atoms with van der Waals surface area (Å²) in [6.07, 6.45) is 1.18. The number of nitrogens with one attached hydrogen (secondary N) is 3. The molecule has 0 fully saturated rings. The number of carbonyl (C=O) groups excluding carboxylic acids is 2. The highest BCUT2D eigenvalue weighted by Crippen LogP contribution is 2.22. The lowest BCUT2D eigenvalue weighted by Crippen LogP contribution is -2.32. The summed E-state index contributed by atoms with van der Waals surface area (Å²) in [4.78, 5) is 38.5. The zero-order valence-electron chi connectivity index (χ0n) is 14.4. The normalized spacial score (nSPS) is 10.7. The van der Waals surface area contributed by atoms with E-state index >= 15 is 0 Å². The summed E-state index contributed by atoms with van der Waals surface area (Å²) in [6, 6.07) is 15.6. The van der Waals surface area contributed by atoms with Gasteiger partial charge in [0.05, 0.1) is 24.6 Å². The molecule has 0 unspecified atom stereocenters. The van der Waals surface area contributed by atoms with E-state index in [-0.39, 0.29) is 11.1 Å². The first-order chi connectivity index (χ1) is 13.1. The molecule has 0 saturated heterocycles. The summed E-state index contributed by atoms with van der Waals surface area (Å²) in [5.74, 6) is -1.47. The van der Waals surface area contributed by atoms with Crippen molar-refractivity contribution < 1.29 is 14.3 Å². The van der Waals surface area contributed by atoms with Gasteiger partial charge in [-0.15, -0.1) is 0 Å². The van der Waals surface area contributed by atoms with E-state index in [1.165, 1.54) is 13.3 Å². The predicted octanol–water partition coefficient (Wildman–Crippen LogP) is 1.63. The van der Waals surface area contributed by atoms with Crippen molar-refractivity contribution in [3.8, 4) is 5.75 Å². The topological polar surface area (TPSA) is 113 Å². The number of aromatic nitrogens is 1. The number of rotatable bonds is 4. The molecule has 2 amide bonds. The fourth-order valence-electron chi connectivity index (χ4n) is 2.40. The number of H-pyrrole nitrogens is 1. The smallest absolute Gasteiger partial charge is 0.329 e. The highest BCUT2D eigenvalue weighted by molar-refractivity contribution is 6.39. The van der Waals surface area contributed by atoms with Gasteiger partial charge in [-0.3, -0.25) is 14.4 Å². The summed E-state index contributed by atoms with van der Waals surface area (Å²) in [6.45, 7) is 0. The van der Waals surface area contributed by atoms with Crippen molar-refractivity contribution in [1.82, 2.24) is 10.4 Å². The number of anilines is 1. The molecule has 0 radical (unpaired) electrons. The van der Waals surface area contributed by atoms with Crippen LogP contribution in [-0.2, 0) is 9.59 Å². The van der Waals surface area contributed by atoms with Crippen molar-refractivity contribution in [2.45, 2.75) is 0 Å². The standard InChI is InChI=1S/C19H16N4O4/c1-27-16-9-5-4-8-15(16)22-18(25)19(26)23-20-11-13-10-12-6-2-3-7-14(12)21-17(13)24/h2-11H,1H3,(H,21,24)(H,22,25)(H,23,26)/b20-11-. The molecular formula is C19H16N4O4. The molecule has 8 nitrogen and oxygen atoms in total. The second-order valence-corrected chi connectivity index (χ2v) is 5.49. The maximum Gasteiger partial charge on any atom is 0.329 e. The van der Waals surface area contributed by atoms with E-state index in [4.69, 9.17) is 4.74 Å². The first kappa shape index (κ1) is 17.9. The van der Waals surface area contributed by atoms with Crippen LogP contribution in [0.2, 0.25) is 0 Å². The molecule has 3 rings (SSSR count). The van der Waals surface area contributed by atoms with Crippen molar-refractivity contribution in [2.24, 2.45) is 5.10 Å². The summed E-state index contributed by atoms with van der Waals surface area (Å²) >= 11 is 0. The minimum atomic E-state index is -0.977. The number of benzene rings is 2. The lowest BCUT2D eigenvalue weighted by atomic mass is 10.2. The van der Waals surface area contributed by atoms with Crippen LogP contribution in [0.4, 0.5) is 5.69 Å². The SMILES string of the molecule is COc1ccccc1NC(=O)C(=O)N/N=C\c1cc2ccccc2[nH]c1=O. The second kappa shape index (κ2) is 7.96. The number of carbonyl (C=O) groups is 2. The highest BCUT2D eigenvalue weighted by Gasteiger charge is 2.14. The van der Waals surface area contributed by atoms with E-state index < -0.39 is 11.8 Å². The average molecular weight is 364 g/mol. The van der Waals surface area contributed by atoms with Gasteiger partial charge in [0.25, 0.3) is 5.56 Å². The maximum absolute atomic E-state index is 12.0. The number of para-hydroxylation sites is 3. The number of nitrogens with zero attached hydrogens (tertiary/aromatic N) is 1. The van der Waals surface area contributed by atoms with Gasteiger partial charge in [0.2, 0.25) is 0 Å². The third-order valence-corrected chi connectivity index (χ3v) is 3.71. The quantitative estimate of drug-likeness (QED) is 0.371. The Labute approximate surface area is 153 Å². The summed E-state index contributed by atoms with van der Waals surface area (Å²) in [5, 5.41) is 6.92. The number of hydrazone groups is 1. The van der Waals surface area contributed by atoms with E-state index in [1.54, 1.807) is 36.4 Å². The molecule has 0 spiro atoms. The van der Waals surface area contributed by atoms with Gasteiger partial charge in [-0.05, 0) is 29.7 Å². The van der Waals surface area contributed by atoms with Crippen LogP contribution in [0.1, 0.15) is 5.56 Å². The molecule has 1 aromatic heterocycles. The Morgan fingerprint density at radius 2 is 1.81 bits per heavy atom. The van der Waals surface area contributed by atoms with Crippen LogP contribution >= 0.6 is 0 Å². The molecule has 2 aromatic carbocycles.